The summed E-state index contributed by atoms with van der Waals surface area (Å²) in [5.74, 6) is -0.166. The number of piperidine rings is 1. The third-order valence-corrected chi connectivity index (χ3v) is 2.69. The smallest absolute Gasteiger partial charge is 0.252 e. The van der Waals surface area contributed by atoms with Crippen LogP contribution in [0.5, 0.6) is 0 Å². The highest BCUT2D eigenvalue weighted by Gasteiger charge is 2.21. The van der Waals surface area contributed by atoms with Gasteiger partial charge in [0, 0.05) is 18.7 Å². The van der Waals surface area contributed by atoms with Crippen LogP contribution in [0.4, 0.5) is 0 Å². The Morgan fingerprint density at radius 2 is 2.47 bits per heavy atom. The van der Waals surface area contributed by atoms with E-state index < -0.39 is 5.91 Å². The van der Waals surface area contributed by atoms with Crippen molar-refractivity contribution in [1.82, 2.24) is 15.3 Å². The van der Waals surface area contributed by atoms with Crippen LogP contribution in [0, 0.1) is 0 Å². The maximum atomic E-state index is 11.2. The highest BCUT2D eigenvalue weighted by atomic mass is 16.1. The van der Waals surface area contributed by atoms with Gasteiger partial charge in [0.25, 0.3) is 5.91 Å². The van der Waals surface area contributed by atoms with Gasteiger partial charge in [0.05, 0.1) is 11.3 Å². The van der Waals surface area contributed by atoms with E-state index in [-0.39, 0.29) is 5.92 Å². The molecule has 0 radical (unpaired) electrons. The zero-order valence-electron chi connectivity index (χ0n) is 8.44. The highest BCUT2D eigenvalue weighted by Crippen LogP contribution is 2.23. The van der Waals surface area contributed by atoms with Gasteiger partial charge in [-0.2, -0.15) is 0 Å². The molecule has 0 bridgehead atoms. The van der Waals surface area contributed by atoms with Crippen molar-refractivity contribution in [2.45, 2.75) is 18.8 Å². The van der Waals surface area contributed by atoms with Crippen LogP contribution in [-0.4, -0.2) is 29.0 Å². The lowest BCUT2D eigenvalue weighted by molar-refractivity contribution is 0.0998. The van der Waals surface area contributed by atoms with Crippen molar-refractivity contribution in [1.29, 1.82) is 0 Å². The van der Waals surface area contributed by atoms with Crippen LogP contribution in [0.3, 0.4) is 0 Å². The summed E-state index contributed by atoms with van der Waals surface area (Å²) in [4.78, 5) is 19.2. The summed E-state index contributed by atoms with van der Waals surface area (Å²) >= 11 is 0. The molecule has 1 aromatic heterocycles. The molecule has 5 heteroatoms. The lowest BCUT2D eigenvalue weighted by Crippen LogP contribution is -2.30. The Hall–Kier alpha value is -1.49. The molecule has 0 spiro atoms. The topological polar surface area (TPSA) is 80.9 Å². The number of primary amides is 1. The Morgan fingerprint density at radius 1 is 1.60 bits per heavy atom. The molecule has 1 aromatic rings. The summed E-state index contributed by atoms with van der Waals surface area (Å²) < 4.78 is 0. The first-order valence-corrected chi connectivity index (χ1v) is 5.09. The summed E-state index contributed by atoms with van der Waals surface area (Å²) in [6.45, 7) is 1.89. The lowest BCUT2D eigenvalue weighted by Gasteiger charge is -2.23. The number of amides is 1. The van der Waals surface area contributed by atoms with E-state index in [1.165, 1.54) is 12.5 Å². The lowest BCUT2D eigenvalue weighted by atomic mass is 9.93. The predicted octanol–water partition coefficient (Wildman–Crippen LogP) is 0.0425. The van der Waals surface area contributed by atoms with Gasteiger partial charge < -0.3 is 11.1 Å². The Balaban J connectivity index is 2.29. The number of nitrogens with one attached hydrogen (secondary N) is 1. The van der Waals surface area contributed by atoms with Gasteiger partial charge in [0.2, 0.25) is 0 Å². The molecule has 0 aliphatic carbocycles. The first kappa shape index (κ1) is 10.0. The van der Waals surface area contributed by atoms with Gasteiger partial charge in [-0.05, 0) is 19.4 Å². The van der Waals surface area contributed by atoms with Gasteiger partial charge in [-0.3, -0.25) is 4.79 Å². The average molecular weight is 206 g/mol. The van der Waals surface area contributed by atoms with E-state index in [4.69, 9.17) is 5.73 Å². The van der Waals surface area contributed by atoms with Crippen LogP contribution in [0.2, 0.25) is 0 Å². The van der Waals surface area contributed by atoms with Crippen molar-refractivity contribution in [3.63, 3.8) is 0 Å². The van der Waals surface area contributed by atoms with Crippen LogP contribution in [-0.2, 0) is 0 Å². The first-order valence-electron chi connectivity index (χ1n) is 5.09. The fourth-order valence-electron chi connectivity index (χ4n) is 1.94. The van der Waals surface area contributed by atoms with E-state index in [9.17, 15) is 4.79 Å². The fraction of sp³-hybridized carbons (Fsp3) is 0.500. The molecule has 1 aliphatic rings. The number of nitrogens with zero attached hydrogens (tertiary/aromatic N) is 2. The Bertz CT molecular complexity index is 360. The van der Waals surface area contributed by atoms with Gasteiger partial charge in [0.1, 0.15) is 6.33 Å². The second kappa shape index (κ2) is 4.35. The molecule has 0 unspecified atom stereocenters. The van der Waals surface area contributed by atoms with E-state index in [2.05, 4.69) is 15.3 Å². The monoisotopic (exact) mass is 206 g/mol. The van der Waals surface area contributed by atoms with Crippen LogP contribution in [0.1, 0.15) is 34.8 Å². The van der Waals surface area contributed by atoms with Crippen LogP contribution < -0.4 is 11.1 Å². The van der Waals surface area contributed by atoms with Crippen molar-refractivity contribution in [2.24, 2.45) is 5.73 Å². The van der Waals surface area contributed by atoms with Crippen LogP contribution >= 0.6 is 0 Å². The summed E-state index contributed by atoms with van der Waals surface area (Å²) in [5, 5.41) is 3.29. The van der Waals surface area contributed by atoms with Crippen LogP contribution in [0.25, 0.3) is 0 Å². The van der Waals surface area contributed by atoms with E-state index in [1.54, 1.807) is 0 Å². The normalized spacial score (nSPS) is 21.2. The van der Waals surface area contributed by atoms with Gasteiger partial charge in [-0.15, -0.1) is 0 Å². The zero-order chi connectivity index (χ0) is 10.7. The summed E-state index contributed by atoms with van der Waals surface area (Å²) in [6.07, 6.45) is 5.12. The van der Waals surface area contributed by atoms with Crippen molar-refractivity contribution in [2.75, 3.05) is 13.1 Å². The largest absolute Gasteiger partial charge is 0.365 e. The Morgan fingerprint density at radius 3 is 3.13 bits per heavy atom. The summed E-state index contributed by atoms with van der Waals surface area (Å²) in [7, 11) is 0. The van der Waals surface area contributed by atoms with Crippen molar-refractivity contribution in [3.8, 4) is 0 Å². The zero-order valence-corrected chi connectivity index (χ0v) is 8.44. The minimum absolute atomic E-state index is 0.282. The molecule has 15 heavy (non-hydrogen) atoms. The van der Waals surface area contributed by atoms with E-state index in [0.717, 1.165) is 31.6 Å². The Kier molecular flexibility index (Phi) is 2.91. The van der Waals surface area contributed by atoms with E-state index >= 15 is 0 Å². The quantitative estimate of drug-likeness (QED) is 0.716. The SMILES string of the molecule is NC(=O)c1cncnc1[C@@H]1CCCNC1. The fourth-order valence-corrected chi connectivity index (χ4v) is 1.94. The molecule has 5 nitrogen and oxygen atoms in total. The molecule has 0 aromatic carbocycles. The van der Waals surface area contributed by atoms with E-state index in [0.29, 0.717) is 5.56 Å². The van der Waals surface area contributed by atoms with Gasteiger partial charge in [-0.1, -0.05) is 0 Å². The average Bonchev–Trinajstić information content (AvgIpc) is 2.30. The molecule has 1 atom stereocenters. The first-order chi connectivity index (χ1) is 7.29. The molecule has 80 valence electrons. The molecule has 3 N–H and O–H groups in total. The molecule has 2 rings (SSSR count). The van der Waals surface area contributed by atoms with Crippen molar-refractivity contribution in [3.05, 3.63) is 23.8 Å². The minimum Gasteiger partial charge on any atom is -0.365 e. The molecule has 1 fully saturated rings. The summed E-state index contributed by atoms with van der Waals surface area (Å²) in [6, 6.07) is 0. The van der Waals surface area contributed by atoms with Gasteiger partial charge in [-0.25, -0.2) is 9.97 Å². The van der Waals surface area contributed by atoms with Crippen molar-refractivity contribution >= 4 is 5.91 Å². The third kappa shape index (κ3) is 2.12. The van der Waals surface area contributed by atoms with E-state index in [1.807, 2.05) is 0 Å². The van der Waals surface area contributed by atoms with Crippen LogP contribution in [0.15, 0.2) is 12.5 Å². The standard InChI is InChI=1S/C10H14N4O/c11-10(15)8-5-13-6-14-9(8)7-2-1-3-12-4-7/h5-7,12H,1-4H2,(H2,11,15)/t7-/m1/s1. The maximum absolute atomic E-state index is 11.2. The number of aromatic nitrogens is 2. The predicted molar refractivity (Wildman–Crippen MR) is 55.4 cm³/mol. The molecule has 0 saturated carbocycles. The molecular weight excluding hydrogens is 192 g/mol. The second-order valence-electron chi connectivity index (χ2n) is 3.73. The molecular formula is C10H14N4O. The number of nitrogens with two attached hydrogens (primary N) is 1. The Labute approximate surface area is 88.1 Å². The van der Waals surface area contributed by atoms with Crippen molar-refractivity contribution < 1.29 is 4.79 Å². The van der Waals surface area contributed by atoms with Gasteiger partial charge in [0.15, 0.2) is 0 Å². The molecule has 1 amide bonds. The third-order valence-electron chi connectivity index (χ3n) is 2.69. The number of hydrogen-bond acceptors (Lipinski definition) is 4. The number of carbonyl (C=O) groups excluding carboxylic acids is 1. The number of carbonyl (C=O) groups is 1. The molecule has 2 heterocycles. The number of rotatable bonds is 2. The molecule has 1 aliphatic heterocycles. The van der Waals surface area contributed by atoms with Gasteiger partial charge >= 0.3 is 0 Å². The summed E-state index contributed by atoms with van der Waals surface area (Å²) in [5.41, 5.74) is 6.51. The highest BCUT2D eigenvalue weighted by molar-refractivity contribution is 5.93. The minimum atomic E-state index is -0.448. The molecule has 1 saturated heterocycles. The maximum Gasteiger partial charge on any atom is 0.252 e. The second-order valence-corrected chi connectivity index (χ2v) is 3.73. The number of hydrogen-bond donors (Lipinski definition) is 2.